The lowest BCUT2D eigenvalue weighted by atomic mass is 10.1. The molecule has 2 aromatic rings. The summed E-state index contributed by atoms with van der Waals surface area (Å²) in [6.07, 6.45) is 1.43. The van der Waals surface area contributed by atoms with Crippen LogP contribution in [0.1, 0.15) is 16.6 Å². The number of benzene rings is 1. The first kappa shape index (κ1) is 15.9. The van der Waals surface area contributed by atoms with E-state index in [-0.39, 0.29) is 10.3 Å². The Morgan fingerprint density at radius 2 is 2.18 bits per heavy atom. The molecule has 1 N–H and O–H groups in total. The van der Waals surface area contributed by atoms with Crippen LogP contribution in [0, 0.1) is 6.92 Å². The van der Waals surface area contributed by atoms with Crippen molar-refractivity contribution < 1.29 is 8.42 Å². The maximum atomic E-state index is 12.9. The van der Waals surface area contributed by atoms with Crippen LogP contribution < -0.4 is 5.32 Å². The Morgan fingerprint density at radius 1 is 1.41 bits per heavy atom. The number of aryl methyl sites for hydroxylation is 1. The van der Waals surface area contributed by atoms with E-state index >= 15 is 0 Å². The number of hydrogen-bond acceptors (Lipinski definition) is 5. The quantitative estimate of drug-likeness (QED) is 0.916. The van der Waals surface area contributed by atoms with Gasteiger partial charge in [0.1, 0.15) is 0 Å². The number of piperazine rings is 1. The van der Waals surface area contributed by atoms with E-state index in [1.54, 1.807) is 13.0 Å². The van der Waals surface area contributed by atoms with Gasteiger partial charge in [-0.1, -0.05) is 29.8 Å². The lowest BCUT2D eigenvalue weighted by Crippen LogP contribution is -2.48. The third-order valence-corrected chi connectivity index (χ3v) is 7.22. The second-order valence-electron chi connectivity index (χ2n) is 5.06. The van der Waals surface area contributed by atoms with Gasteiger partial charge in [-0.25, -0.2) is 13.4 Å². The smallest absolute Gasteiger partial charge is 0.254 e. The predicted molar refractivity (Wildman–Crippen MR) is 87.8 cm³/mol. The van der Waals surface area contributed by atoms with Crippen LogP contribution >= 0.6 is 22.9 Å². The average Bonchev–Trinajstić information content (AvgIpc) is 2.95. The molecule has 0 spiro atoms. The Morgan fingerprint density at radius 3 is 2.86 bits per heavy atom. The first-order valence-electron chi connectivity index (χ1n) is 6.89. The molecule has 1 aliphatic rings. The summed E-state index contributed by atoms with van der Waals surface area (Å²) in [6.45, 7) is 3.38. The highest BCUT2D eigenvalue weighted by Crippen LogP contribution is 2.33. The molecule has 1 atom stereocenters. The number of sulfonamides is 1. The summed E-state index contributed by atoms with van der Waals surface area (Å²) in [5, 5.41) is 4.56. The van der Waals surface area contributed by atoms with Crippen molar-refractivity contribution in [1.82, 2.24) is 14.6 Å². The molecule has 0 aliphatic carbocycles. The maximum Gasteiger partial charge on any atom is 0.254 e. The van der Waals surface area contributed by atoms with Crippen molar-refractivity contribution in [2.75, 3.05) is 19.6 Å². The molecule has 118 valence electrons. The highest BCUT2D eigenvalue weighted by molar-refractivity contribution is 7.91. The minimum Gasteiger partial charge on any atom is -0.313 e. The van der Waals surface area contributed by atoms with Gasteiger partial charge in [0.25, 0.3) is 10.0 Å². The fraction of sp³-hybridized carbons (Fsp3) is 0.357. The molecule has 0 amide bonds. The molecule has 0 radical (unpaired) electrons. The summed E-state index contributed by atoms with van der Waals surface area (Å²) < 4.78 is 27.6. The van der Waals surface area contributed by atoms with Gasteiger partial charge in [-0.3, -0.25) is 0 Å². The van der Waals surface area contributed by atoms with Crippen LogP contribution in [0.3, 0.4) is 0 Å². The molecule has 8 heteroatoms. The van der Waals surface area contributed by atoms with E-state index in [9.17, 15) is 8.42 Å². The average molecular weight is 358 g/mol. The van der Waals surface area contributed by atoms with Gasteiger partial charge >= 0.3 is 0 Å². The minimum atomic E-state index is -3.56. The van der Waals surface area contributed by atoms with Crippen LogP contribution in [0.2, 0.25) is 5.02 Å². The number of halogens is 1. The van der Waals surface area contributed by atoms with E-state index in [0.717, 1.165) is 10.6 Å². The van der Waals surface area contributed by atoms with Gasteiger partial charge < -0.3 is 5.32 Å². The monoisotopic (exact) mass is 357 g/mol. The first-order valence-corrected chi connectivity index (χ1v) is 9.53. The SMILES string of the molecule is Cc1ncc(S(=O)(=O)N2CCNCC2c2ccccc2Cl)s1. The fourth-order valence-electron chi connectivity index (χ4n) is 2.56. The second kappa shape index (κ2) is 6.25. The van der Waals surface area contributed by atoms with E-state index in [1.165, 1.54) is 21.8 Å². The standard InChI is InChI=1S/C14H16ClN3O2S2/c1-10-17-9-14(21-10)22(19,20)18-7-6-16-8-13(18)11-4-2-3-5-12(11)15/h2-5,9,13,16H,6-8H2,1H3. The van der Waals surface area contributed by atoms with Crippen LogP contribution in [-0.4, -0.2) is 37.3 Å². The van der Waals surface area contributed by atoms with Crippen LogP contribution in [0.4, 0.5) is 0 Å². The van der Waals surface area contributed by atoms with Crippen LogP contribution in [0.25, 0.3) is 0 Å². The summed E-state index contributed by atoms with van der Waals surface area (Å²) in [4.78, 5) is 4.06. The number of nitrogens with zero attached hydrogens (tertiary/aromatic N) is 2. The minimum absolute atomic E-state index is 0.281. The molecule has 1 saturated heterocycles. The van der Waals surface area contributed by atoms with Gasteiger partial charge in [-0.2, -0.15) is 4.31 Å². The molecule has 5 nitrogen and oxygen atoms in total. The Kier molecular flexibility index (Phi) is 4.52. The zero-order valence-electron chi connectivity index (χ0n) is 12.0. The molecule has 0 bridgehead atoms. The van der Waals surface area contributed by atoms with Crippen molar-refractivity contribution in [2.45, 2.75) is 17.2 Å². The lowest BCUT2D eigenvalue weighted by Gasteiger charge is -2.35. The summed E-state index contributed by atoms with van der Waals surface area (Å²) >= 11 is 7.46. The van der Waals surface area contributed by atoms with Crippen LogP contribution in [-0.2, 0) is 10.0 Å². The number of thiazole rings is 1. The highest BCUT2D eigenvalue weighted by atomic mass is 35.5. The molecule has 2 heterocycles. The first-order chi connectivity index (χ1) is 10.5. The van der Waals surface area contributed by atoms with E-state index in [4.69, 9.17) is 11.6 Å². The van der Waals surface area contributed by atoms with Gasteiger partial charge in [0.05, 0.1) is 17.2 Å². The highest BCUT2D eigenvalue weighted by Gasteiger charge is 2.36. The van der Waals surface area contributed by atoms with Gasteiger partial charge in [0, 0.05) is 24.7 Å². The number of hydrogen-bond donors (Lipinski definition) is 1. The molecular formula is C14H16ClN3O2S2. The van der Waals surface area contributed by atoms with Gasteiger partial charge in [-0.15, -0.1) is 11.3 Å². The third kappa shape index (κ3) is 2.91. The Bertz CT molecular complexity index is 776. The summed E-state index contributed by atoms with van der Waals surface area (Å²) in [5.41, 5.74) is 0.821. The number of rotatable bonds is 3. The van der Waals surface area contributed by atoms with Crippen molar-refractivity contribution in [2.24, 2.45) is 0 Å². The molecule has 1 aliphatic heterocycles. The van der Waals surface area contributed by atoms with Gasteiger partial charge in [0.15, 0.2) is 4.21 Å². The molecule has 1 unspecified atom stereocenters. The molecule has 1 fully saturated rings. The molecule has 22 heavy (non-hydrogen) atoms. The Balaban J connectivity index is 2.02. The predicted octanol–water partition coefficient (Wildman–Crippen LogP) is 2.44. The van der Waals surface area contributed by atoms with Crippen molar-refractivity contribution in [3.63, 3.8) is 0 Å². The van der Waals surface area contributed by atoms with E-state index < -0.39 is 10.0 Å². The summed E-state index contributed by atoms with van der Waals surface area (Å²) in [7, 11) is -3.56. The molecular weight excluding hydrogens is 342 g/mol. The van der Waals surface area contributed by atoms with Crippen LogP contribution in [0.5, 0.6) is 0 Å². The second-order valence-corrected chi connectivity index (χ2v) is 8.81. The van der Waals surface area contributed by atoms with E-state index in [1.807, 2.05) is 18.2 Å². The Hall–Kier alpha value is -0.990. The lowest BCUT2D eigenvalue weighted by molar-refractivity contribution is 0.272. The summed E-state index contributed by atoms with van der Waals surface area (Å²) in [6, 6.07) is 7.06. The Labute approximate surface area is 139 Å². The van der Waals surface area contributed by atoms with Crippen molar-refractivity contribution in [3.8, 4) is 0 Å². The van der Waals surface area contributed by atoms with E-state index in [2.05, 4.69) is 10.3 Å². The van der Waals surface area contributed by atoms with Gasteiger partial charge in [-0.05, 0) is 18.6 Å². The fourth-order valence-corrected chi connectivity index (χ4v) is 5.67. The molecule has 1 aromatic heterocycles. The van der Waals surface area contributed by atoms with Crippen LogP contribution in [0.15, 0.2) is 34.7 Å². The maximum absolute atomic E-state index is 12.9. The van der Waals surface area contributed by atoms with Gasteiger partial charge in [0.2, 0.25) is 0 Å². The summed E-state index contributed by atoms with van der Waals surface area (Å²) in [5.74, 6) is 0. The van der Waals surface area contributed by atoms with Crippen molar-refractivity contribution in [3.05, 3.63) is 46.1 Å². The number of aromatic nitrogens is 1. The molecule has 1 aromatic carbocycles. The van der Waals surface area contributed by atoms with Crippen molar-refractivity contribution in [1.29, 1.82) is 0 Å². The topological polar surface area (TPSA) is 62.3 Å². The zero-order valence-corrected chi connectivity index (χ0v) is 14.4. The van der Waals surface area contributed by atoms with Crippen molar-refractivity contribution >= 4 is 33.0 Å². The largest absolute Gasteiger partial charge is 0.313 e. The molecule has 3 rings (SSSR count). The third-order valence-electron chi connectivity index (χ3n) is 3.62. The zero-order chi connectivity index (χ0) is 15.7. The van der Waals surface area contributed by atoms with E-state index in [0.29, 0.717) is 24.7 Å². The normalized spacial score (nSPS) is 20.2. The molecule has 0 saturated carbocycles. The number of nitrogens with one attached hydrogen (secondary N) is 1.